The number of aliphatic hydroxyl groups is 1. The molecule has 0 spiro atoms. The number of hydrogen-bond acceptors (Lipinski definition) is 3. The van der Waals surface area contributed by atoms with E-state index in [-0.39, 0.29) is 18.6 Å². The minimum Gasteiger partial charge on any atom is -0.484 e. The Labute approximate surface area is 124 Å². The first-order chi connectivity index (χ1) is 10.2. The van der Waals surface area contributed by atoms with Crippen LogP contribution < -0.4 is 10.1 Å². The number of nitrogens with one attached hydrogen (secondary N) is 1. The van der Waals surface area contributed by atoms with Crippen LogP contribution in [0, 0.1) is 0 Å². The number of carbonyl (C=O) groups excluding carboxylic acids is 1. The van der Waals surface area contributed by atoms with Crippen LogP contribution in [-0.4, -0.2) is 30.3 Å². The van der Waals surface area contributed by atoms with Gasteiger partial charge in [0, 0.05) is 6.54 Å². The minimum absolute atomic E-state index is 0.0133. The fraction of sp³-hybridized carbons (Fsp3) is 0.353. The van der Waals surface area contributed by atoms with Gasteiger partial charge in [-0.25, -0.2) is 0 Å². The van der Waals surface area contributed by atoms with Crippen LogP contribution in [0.4, 0.5) is 0 Å². The van der Waals surface area contributed by atoms with Crippen LogP contribution in [0.5, 0.6) is 5.75 Å². The lowest BCUT2D eigenvalue weighted by atomic mass is 10.1. The quantitative estimate of drug-likeness (QED) is 0.822. The molecule has 21 heavy (non-hydrogen) atoms. The fourth-order valence-electron chi connectivity index (χ4n) is 2.04. The summed E-state index contributed by atoms with van der Waals surface area (Å²) in [5, 5.41) is 14.4. The van der Waals surface area contributed by atoms with Gasteiger partial charge in [-0.1, -0.05) is 37.3 Å². The van der Waals surface area contributed by atoms with Crippen molar-refractivity contribution in [2.75, 3.05) is 13.2 Å². The summed E-state index contributed by atoms with van der Waals surface area (Å²) < 4.78 is 5.49. The lowest BCUT2D eigenvalue weighted by Crippen LogP contribution is -2.31. The van der Waals surface area contributed by atoms with Crippen LogP contribution in [0.1, 0.15) is 19.8 Å². The lowest BCUT2D eigenvalue weighted by Gasteiger charge is -2.10. The molecule has 4 nitrogen and oxygen atoms in total. The number of fused-ring (bicyclic) bond motifs is 1. The zero-order valence-corrected chi connectivity index (χ0v) is 12.2. The summed E-state index contributed by atoms with van der Waals surface area (Å²) >= 11 is 0. The van der Waals surface area contributed by atoms with E-state index in [1.54, 1.807) is 0 Å². The number of rotatable bonds is 7. The van der Waals surface area contributed by atoms with Gasteiger partial charge < -0.3 is 15.2 Å². The van der Waals surface area contributed by atoms with Crippen LogP contribution >= 0.6 is 0 Å². The van der Waals surface area contributed by atoms with Crippen LogP contribution in [0.3, 0.4) is 0 Å². The van der Waals surface area contributed by atoms with Gasteiger partial charge in [-0.2, -0.15) is 0 Å². The van der Waals surface area contributed by atoms with Gasteiger partial charge in [0.25, 0.3) is 5.91 Å². The van der Waals surface area contributed by atoms with Crippen LogP contribution in [0.2, 0.25) is 0 Å². The van der Waals surface area contributed by atoms with Gasteiger partial charge in [-0.3, -0.25) is 4.79 Å². The highest BCUT2D eigenvalue weighted by Gasteiger charge is 2.05. The second kappa shape index (κ2) is 7.64. The smallest absolute Gasteiger partial charge is 0.257 e. The molecular weight excluding hydrogens is 266 g/mol. The average Bonchev–Trinajstić information content (AvgIpc) is 2.52. The van der Waals surface area contributed by atoms with E-state index in [4.69, 9.17) is 4.74 Å². The van der Waals surface area contributed by atoms with E-state index in [1.807, 2.05) is 49.4 Å². The van der Waals surface area contributed by atoms with Crippen LogP contribution in [0.25, 0.3) is 10.8 Å². The summed E-state index contributed by atoms with van der Waals surface area (Å²) in [5.74, 6) is 0.504. The number of carbonyl (C=O) groups is 1. The van der Waals surface area contributed by atoms with E-state index in [0.717, 1.165) is 10.8 Å². The predicted molar refractivity (Wildman–Crippen MR) is 83.4 cm³/mol. The molecule has 2 N–H and O–H groups in total. The van der Waals surface area contributed by atoms with E-state index >= 15 is 0 Å². The molecule has 0 bridgehead atoms. The molecule has 1 amide bonds. The molecule has 0 aromatic heterocycles. The van der Waals surface area contributed by atoms with Crippen molar-refractivity contribution in [3.8, 4) is 5.75 Å². The molecule has 0 saturated heterocycles. The lowest BCUT2D eigenvalue weighted by molar-refractivity contribution is -0.123. The number of aliphatic hydroxyl groups excluding tert-OH is 1. The van der Waals surface area contributed by atoms with Crippen molar-refractivity contribution in [1.29, 1.82) is 0 Å². The molecule has 2 rings (SSSR count). The summed E-state index contributed by atoms with van der Waals surface area (Å²) in [6.07, 6.45) is 0.911. The highest BCUT2D eigenvalue weighted by atomic mass is 16.5. The van der Waals surface area contributed by atoms with Crippen LogP contribution in [-0.2, 0) is 4.79 Å². The maximum absolute atomic E-state index is 11.6. The SMILES string of the molecule is CCC(O)CCNC(=O)COc1ccc2ccccc2c1. The van der Waals surface area contributed by atoms with Crippen molar-refractivity contribution in [2.45, 2.75) is 25.9 Å². The Morgan fingerprint density at radius 3 is 2.76 bits per heavy atom. The largest absolute Gasteiger partial charge is 0.484 e. The van der Waals surface area contributed by atoms with Gasteiger partial charge in [0.15, 0.2) is 6.61 Å². The number of amides is 1. The molecule has 2 aromatic rings. The second-order valence-electron chi connectivity index (χ2n) is 5.00. The standard InChI is InChI=1S/C17H21NO3/c1-2-15(19)9-10-18-17(20)12-21-16-8-7-13-5-3-4-6-14(13)11-16/h3-8,11,15,19H,2,9-10,12H2,1H3,(H,18,20). The highest BCUT2D eigenvalue weighted by molar-refractivity contribution is 5.84. The molecule has 0 heterocycles. The van der Waals surface area contributed by atoms with E-state index in [2.05, 4.69) is 5.32 Å². The molecule has 0 aliphatic rings. The van der Waals surface area contributed by atoms with Gasteiger partial charge in [-0.15, -0.1) is 0 Å². The molecule has 1 atom stereocenters. The Bertz CT molecular complexity index is 597. The highest BCUT2D eigenvalue weighted by Crippen LogP contribution is 2.20. The third-order valence-electron chi connectivity index (χ3n) is 3.36. The van der Waals surface area contributed by atoms with Gasteiger partial charge in [-0.05, 0) is 35.7 Å². The van der Waals surface area contributed by atoms with Crippen molar-refractivity contribution in [3.05, 3.63) is 42.5 Å². The molecule has 2 aromatic carbocycles. The molecule has 4 heteroatoms. The minimum atomic E-state index is -0.355. The fourth-order valence-corrected chi connectivity index (χ4v) is 2.04. The molecular formula is C17H21NO3. The molecule has 0 fully saturated rings. The zero-order valence-electron chi connectivity index (χ0n) is 12.2. The summed E-state index contributed by atoms with van der Waals surface area (Å²) in [5.41, 5.74) is 0. The Morgan fingerprint density at radius 2 is 2.00 bits per heavy atom. The van der Waals surface area contributed by atoms with Gasteiger partial charge in [0.2, 0.25) is 0 Å². The normalized spacial score (nSPS) is 12.1. The Kier molecular flexibility index (Phi) is 5.58. The zero-order chi connectivity index (χ0) is 15.1. The van der Waals surface area contributed by atoms with E-state index in [1.165, 1.54) is 0 Å². The molecule has 1 unspecified atom stereocenters. The first-order valence-electron chi connectivity index (χ1n) is 7.25. The van der Waals surface area contributed by atoms with Crippen molar-refractivity contribution >= 4 is 16.7 Å². The van der Waals surface area contributed by atoms with Gasteiger partial charge in [0.1, 0.15) is 5.75 Å². The number of ether oxygens (including phenoxy) is 1. The first-order valence-corrected chi connectivity index (χ1v) is 7.25. The topological polar surface area (TPSA) is 58.6 Å². The summed E-state index contributed by atoms with van der Waals surface area (Å²) in [7, 11) is 0. The average molecular weight is 287 g/mol. The Balaban J connectivity index is 1.80. The van der Waals surface area contributed by atoms with Crippen molar-refractivity contribution in [3.63, 3.8) is 0 Å². The van der Waals surface area contributed by atoms with Gasteiger partial charge in [0.05, 0.1) is 6.10 Å². The maximum atomic E-state index is 11.6. The third kappa shape index (κ3) is 4.76. The number of benzene rings is 2. The predicted octanol–water partition coefficient (Wildman–Crippen LogP) is 2.50. The Hall–Kier alpha value is -2.07. The van der Waals surface area contributed by atoms with E-state index in [0.29, 0.717) is 25.1 Å². The molecule has 0 saturated carbocycles. The monoisotopic (exact) mass is 287 g/mol. The molecule has 112 valence electrons. The molecule has 0 aliphatic carbocycles. The first kappa shape index (κ1) is 15.3. The summed E-state index contributed by atoms with van der Waals surface area (Å²) in [6.45, 7) is 2.37. The summed E-state index contributed by atoms with van der Waals surface area (Å²) in [6, 6.07) is 13.7. The van der Waals surface area contributed by atoms with Crippen LogP contribution in [0.15, 0.2) is 42.5 Å². The molecule has 0 aliphatic heterocycles. The second-order valence-corrected chi connectivity index (χ2v) is 5.00. The Morgan fingerprint density at radius 1 is 1.24 bits per heavy atom. The van der Waals surface area contributed by atoms with Crippen molar-refractivity contribution in [1.82, 2.24) is 5.32 Å². The summed E-state index contributed by atoms with van der Waals surface area (Å²) in [4.78, 5) is 11.6. The van der Waals surface area contributed by atoms with Gasteiger partial charge >= 0.3 is 0 Å². The van der Waals surface area contributed by atoms with Crippen molar-refractivity contribution in [2.24, 2.45) is 0 Å². The third-order valence-corrected chi connectivity index (χ3v) is 3.36. The molecule has 0 radical (unpaired) electrons. The van der Waals surface area contributed by atoms with E-state index < -0.39 is 0 Å². The van der Waals surface area contributed by atoms with Crippen molar-refractivity contribution < 1.29 is 14.6 Å². The van der Waals surface area contributed by atoms with E-state index in [9.17, 15) is 9.90 Å². The number of hydrogen-bond donors (Lipinski definition) is 2. The maximum Gasteiger partial charge on any atom is 0.257 e.